The highest BCUT2D eigenvalue weighted by molar-refractivity contribution is 6.01. The van der Waals surface area contributed by atoms with Crippen LogP contribution in [0.25, 0.3) is 10.8 Å². The van der Waals surface area contributed by atoms with Crippen LogP contribution in [0.3, 0.4) is 0 Å². The molecule has 0 aliphatic heterocycles. The van der Waals surface area contributed by atoms with Crippen LogP contribution >= 0.6 is 0 Å². The molecular formula is C23H23N3O5. The van der Waals surface area contributed by atoms with Gasteiger partial charge < -0.3 is 10.4 Å². The number of aromatic nitrogens is 2. The van der Waals surface area contributed by atoms with Gasteiger partial charge in [-0.1, -0.05) is 38.0 Å². The first-order valence-corrected chi connectivity index (χ1v) is 10.1. The molecule has 2 N–H and O–H groups in total. The smallest absolute Gasteiger partial charge is 0.357 e. The number of fused-ring (bicyclic) bond motifs is 1. The van der Waals surface area contributed by atoms with Crippen molar-refractivity contribution in [1.29, 1.82) is 0 Å². The molecular weight excluding hydrogens is 398 g/mol. The second kappa shape index (κ2) is 9.80. The highest BCUT2D eigenvalue weighted by Gasteiger charge is 2.17. The molecule has 1 amide bonds. The van der Waals surface area contributed by atoms with Gasteiger partial charge in [0.05, 0.1) is 5.39 Å². The second-order valence-corrected chi connectivity index (χ2v) is 7.17. The van der Waals surface area contributed by atoms with Crippen LogP contribution in [0, 0.1) is 0 Å². The second-order valence-electron chi connectivity index (χ2n) is 7.17. The minimum Gasteiger partial charge on any atom is -0.476 e. The Morgan fingerprint density at radius 2 is 1.68 bits per heavy atom. The fourth-order valence-electron chi connectivity index (χ4n) is 3.23. The third-order valence-corrected chi connectivity index (χ3v) is 4.86. The average molecular weight is 421 g/mol. The van der Waals surface area contributed by atoms with E-state index in [9.17, 15) is 24.3 Å². The van der Waals surface area contributed by atoms with Crippen molar-refractivity contribution in [2.45, 2.75) is 39.2 Å². The van der Waals surface area contributed by atoms with E-state index in [1.807, 2.05) is 0 Å². The van der Waals surface area contributed by atoms with Crippen LogP contribution in [0.4, 0.5) is 5.69 Å². The Balaban J connectivity index is 1.77. The monoisotopic (exact) mass is 421 g/mol. The Hall–Kier alpha value is -3.81. The van der Waals surface area contributed by atoms with Crippen LogP contribution in [-0.2, 0) is 11.3 Å². The number of ketones is 1. The summed E-state index contributed by atoms with van der Waals surface area (Å²) < 4.78 is 0.873. The van der Waals surface area contributed by atoms with Crippen LogP contribution in [0.1, 0.15) is 53.5 Å². The van der Waals surface area contributed by atoms with Gasteiger partial charge in [-0.3, -0.25) is 14.4 Å². The summed E-state index contributed by atoms with van der Waals surface area (Å²) >= 11 is 0. The molecule has 1 heterocycles. The number of nitrogens with one attached hydrogen (secondary N) is 1. The van der Waals surface area contributed by atoms with Crippen LogP contribution in [-0.4, -0.2) is 32.5 Å². The SMILES string of the molecule is CCCCCC(=O)Nc1ccc(C(=O)Cn2nc(C(=O)O)c3ccccc3c2=O)cc1. The van der Waals surface area contributed by atoms with E-state index in [4.69, 9.17) is 0 Å². The molecule has 0 bridgehead atoms. The number of carboxylic acids is 1. The summed E-state index contributed by atoms with van der Waals surface area (Å²) in [5.41, 5.74) is 0.0731. The quantitative estimate of drug-likeness (QED) is 0.403. The number of carboxylic acid groups (broad SMARTS) is 1. The van der Waals surface area contributed by atoms with Crippen molar-refractivity contribution in [3.8, 4) is 0 Å². The van der Waals surface area contributed by atoms with Crippen LogP contribution in [0.15, 0.2) is 53.3 Å². The number of hydrogen-bond acceptors (Lipinski definition) is 5. The van der Waals surface area contributed by atoms with E-state index in [0.29, 0.717) is 17.7 Å². The van der Waals surface area contributed by atoms with E-state index in [1.165, 1.54) is 12.1 Å². The van der Waals surface area contributed by atoms with Crippen molar-refractivity contribution in [3.63, 3.8) is 0 Å². The zero-order valence-electron chi connectivity index (χ0n) is 17.1. The van der Waals surface area contributed by atoms with Gasteiger partial charge in [-0.15, -0.1) is 0 Å². The third-order valence-electron chi connectivity index (χ3n) is 4.86. The summed E-state index contributed by atoms with van der Waals surface area (Å²) in [6.45, 7) is 1.67. The molecule has 3 aromatic rings. The van der Waals surface area contributed by atoms with Crippen molar-refractivity contribution in [1.82, 2.24) is 9.78 Å². The molecule has 2 aromatic carbocycles. The number of anilines is 1. The van der Waals surface area contributed by atoms with Crippen molar-refractivity contribution in [2.75, 3.05) is 5.32 Å². The zero-order chi connectivity index (χ0) is 22.4. The third kappa shape index (κ3) is 5.22. The number of benzene rings is 2. The van der Waals surface area contributed by atoms with E-state index in [-0.39, 0.29) is 22.4 Å². The zero-order valence-corrected chi connectivity index (χ0v) is 17.1. The average Bonchev–Trinajstić information content (AvgIpc) is 2.76. The highest BCUT2D eigenvalue weighted by Crippen LogP contribution is 2.15. The number of nitrogens with zero attached hydrogens (tertiary/aromatic N) is 2. The number of carbonyl (C=O) groups is 3. The molecule has 0 saturated heterocycles. The van der Waals surface area contributed by atoms with E-state index >= 15 is 0 Å². The van der Waals surface area contributed by atoms with Crippen molar-refractivity contribution < 1.29 is 19.5 Å². The van der Waals surface area contributed by atoms with Crippen LogP contribution in [0.5, 0.6) is 0 Å². The summed E-state index contributed by atoms with van der Waals surface area (Å²) in [4.78, 5) is 48.8. The number of carbonyl (C=O) groups excluding carboxylic acids is 2. The first kappa shape index (κ1) is 21.9. The maximum atomic E-state index is 12.7. The molecule has 1 aromatic heterocycles. The van der Waals surface area contributed by atoms with E-state index in [2.05, 4.69) is 17.3 Å². The lowest BCUT2D eigenvalue weighted by Crippen LogP contribution is -2.29. The maximum absolute atomic E-state index is 12.7. The largest absolute Gasteiger partial charge is 0.476 e. The van der Waals surface area contributed by atoms with Crippen molar-refractivity contribution in [3.05, 3.63) is 70.1 Å². The number of amides is 1. The normalized spacial score (nSPS) is 10.7. The number of rotatable bonds is 9. The maximum Gasteiger partial charge on any atom is 0.357 e. The molecule has 0 aliphatic carbocycles. The number of unbranched alkanes of at least 4 members (excludes halogenated alkanes) is 2. The summed E-state index contributed by atoms with van der Waals surface area (Å²) in [5.74, 6) is -1.76. The molecule has 31 heavy (non-hydrogen) atoms. The van der Waals surface area contributed by atoms with Crippen LogP contribution < -0.4 is 10.9 Å². The lowest BCUT2D eigenvalue weighted by atomic mass is 10.1. The molecule has 8 nitrogen and oxygen atoms in total. The molecule has 0 aliphatic rings. The first-order chi connectivity index (χ1) is 14.9. The number of aromatic carboxylic acids is 1. The van der Waals surface area contributed by atoms with Gasteiger partial charge in [-0.2, -0.15) is 5.10 Å². The summed E-state index contributed by atoms with van der Waals surface area (Å²) in [6, 6.07) is 12.6. The molecule has 8 heteroatoms. The van der Waals surface area contributed by atoms with E-state index in [0.717, 1.165) is 23.9 Å². The topological polar surface area (TPSA) is 118 Å². The standard InChI is InChI=1S/C23H23N3O5/c1-2-3-4-9-20(28)24-16-12-10-15(11-13-16)19(27)14-26-22(29)18-8-6-5-7-17(18)21(25-26)23(30)31/h5-8,10-13H,2-4,9,14H2,1H3,(H,24,28)(H,30,31). The lowest BCUT2D eigenvalue weighted by Gasteiger charge is -2.09. The van der Waals surface area contributed by atoms with Crippen molar-refractivity contribution in [2.24, 2.45) is 0 Å². The van der Waals surface area contributed by atoms with Crippen molar-refractivity contribution >= 4 is 34.1 Å². The predicted molar refractivity (Wildman–Crippen MR) is 117 cm³/mol. The fraction of sp³-hybridized carbons (Fsp3) is 0.261. The van der Waals surface area contributed by atoms with E-state index in [1.54, 1.807) is 36.4 Å². The van der Waals surface area contributed by atoms with Gasteiger partial charge in [0.1, 0.15) is 6.54 Å². The minimum atomic E-state index is -1.28. The van der Waals surface area contributed by atoms with Gasteiger partial charge in [-0.05, 0) is 36.8 Å². The van der Waals surface area contributed by atoms with Gasteiger partial charge in [-0.25, -0.2) is 9.48 Å². The fourth-order valence-corrected chi connectivity index (χ4v) is 3.23. The molecule has 0 unspecified atom stereocenters. The molecule has 0 fully saturated rings. The van der Waals surface area contributed by atoms with Gasteiger partial charge in [0.15, 0.2) is 11.5 Å². The number of Topliss-reactive ketones (excluding diaryl/α,β-unsaturated/α-hetero) is 1. The number of hydrogen-bond donors (Lipinski definition) is 2. The van der Waals surface area contributed by atoms with Gasteiger partial charge >= 0.3 is 5.97 Å². The van der Waals surface area contributed by atoms with Crippen LogP contribution in [0.2, 0.25) is 0 Å². The highest BCUT2D eigenvalue weighted by atomic mass is 16.4. The first-order valence-electron chi connectivity index (χ1n) is 10.1. The van der Waals surface area contributed by atoms with Gasteiger partial charge in [0, 0.05) is 23.1 Å². The predicted octanol–water partition coefficient (Wildman–Crippen LogP) is 3.50. The Bertz CT molecular complexity index is 1180. The lowest BCUT2D eigenvalue weighted by molar-refractivity contribution is -0.116. The summed E-state index contributed by atoms with van der Waals surface area (Å²) in [6.07, 6.45) is 3.29. The summed E-state index contributed by atoms with van der Waals surface area (Å²) in [7, 11) is 0. The van der Waals surface area contributed by atoms with Gasteiger partial charge in [0.2, 0.25) is 5.91 Å². The Labute approximate surface area is 178 Å². The Morgan fingerprint density at radius 1 is 1.00 bits per heavy atom. The molecule has 3 rings (SSSR count). The Kier molecular flexibility index (Phi) is 6.92. The van der Waals surface area contributed by atoms with Gasteiger partial charge in [0.25, 0.3) is 5.56 Å². The molecule has 0 spiro atoms. The Morgan fingerprint density at radius 3 is 2.32 bits per heavy atom. The minimum absolute atomic E-state index is 0.0827. The molecule has 0 saturated carbocycles. The summed E-state index contributed by atoms with van der Waals surface area (Å²) in [5, 5.41) is 16.5. The molecule has 160 valence electrons. The van der Waals surface area contributed by atoms with E-state index < -0.39 is 23.9 Å². The molecule has 0 atom stereocenters. The molecule has 0 radical (unpaired) electrons.